The maximum Gasteiger partial charge on any atom is 0.223 e. The molecular formula is C5H3ClN4S. The van der Waals surface area contributed by atoms with Gasteiger partial charge in [-0.15, -0.1) is 0 Å². The van der Waals surface area contributed by atoms with Crippen LogP contribution in [0.3, 0.4) is 0 Å². The Morgan fingerprint density at radius 2 is 2.27 bits per heavy atom. The molecule has 0 unspecified atom stereocenters. The summed E-state index contributed by atoms with van der Waals surface area (Å²) in [5, 5.41) is 4.08. The van der Waals surface area contributed by atoms with Gasteiger partial charge in [0.15, 0.2) is 0 Å². The Hall–Kier alpha value is -0.810. The van der Waals surface area contributed by atoms with Gasteiger partial charge in [0.05, 0.1) is 12.4 Å². The fourth-order valence-corrected chi connectivity index (χ4v) is 1.13. The molecule has 2 aromatic heterocycles. The van der Waals surface area contributed by atoms with E-state index < -0.39 is 0 Å². The summed E-state index contributed by atoms with van der Waals surface area (Å²) in [4.78, 5) is 7.70. The van der Waals surface area contributed by atoms with Gasteiger partial charge in [-0.25, -0.2) is 14.1 Å². The lowest BCUT2D eigenvalue weighted by molar-refractivity contribution is 1.05. The van der Waals surface area contributed by atoms with E-state index >= 15 is 0 Å². The third-order valence-electron chi connectivity index (χ3n) is 1.27. The van der Waals surface area contributed by atoms with Crippen molar-refractivity contribution in [3.8, 4) is 0 Å². The van der Waals surface area contributed by atoms with Crippen LogP contribution in [-0.2, 0) is 0 Å². The highest BCUT2D eigenvalue weighted by molar-refractivity contribution is 7.78. The highest BCUT2D eigenvalue weighted by Crippen LogP contribution is 2.12. The fraction of sp³-hybridized carbons (Fsp3) is 0. The first-order chi connectivity index (χ1) is 5.27. The normalized spacial score (nSPS) is 10.7. The monoisotopic (exact) mass is 186 g/mol. The van der Waals surface area contributed by atoms with Gasteiger partial charge in [-0.1, -0.05) is 0 Å². The topological polar surface area (TPSA) is 43.6 Å². The Morgan fingerprint density at radius 1 is 1.45 bits per heavy atom. The smallest absolute Gasteiger partial charge is 0.223 e. The quantitative estimate of drug-likeness (QED) is 0.496. The molecule has 0 fully saturated rings. The lowest BCUT2D eigenvalue weighted by atomic mass is 10.5. The van der Waals surface area contributed by atoms with Gasteiger partial charge in [0.2, 0.25) is 5.28 Å². The molecule has 0 atom stereocenters. The third-order valence-corrected chi connectivity index (χ3v) is 1.77. The Bertz CT molecular complexity index is 398. The molecule has 0 radical (unpaired) electrons. The van der Waals surface area contributed by atoms with Crippen molar-refractivity contribution in [2.45, 2.75) is 0 Å². The molecule has 0 bridgehead atoms. The van der Waals surface area contributed by atoms with Crippen LogP contribution < -0.4 is 0 Å². The largest absolute Gasteiger partial charge is 0.224 e. The van der Waals surface area contributed by atoms with Gasteiger partial charge in [-0.3, -0.25) is 0 Å². The molecule has 0 aliphatic rings. The zero-order chi connectivity index (χ0) is 7.84. The molecule has 0 spiro atoms. The van der Waals surface area contributed by atoms with E-state index in [2.05, 4.69) is 27.9 Å². The molecule has 4 nitrogen and oxygen atoms in total. The van der Waals surface area contributed by atoms with E-state index in [9.17, 15) is 0 Å². The van der Waals surface area contributed by atoms with Crippen molar-refractivity contribution >= 4 is 35.4 Å². The van der Waals surface area contributed by atoms with Crippen molar-refractivity contribution in [3.05, 3.63) is 17.7 Å². The number of aromatic nitrogens is 4. The van der Waals surface area contributed by atoms with Gasteiger partial charge < -0.3 is 0 Å². The Kier molecular flexibility index (Phi) is 1.47. The van der Waals surface area contributed by atoms with Crippen molar-refractivity contribution in [1.82, 2.24) is 19.2 Å². The Balaban J connectivity index is 2.86. The zero-order valence-corrected chi connectivity index (χ0v) is 6.92. The average Bonchev–Trinajstić information content (AvgIpc) is 2.32. The van der Waals surface area contributed by atoms with Crippen molar-refractivity contribution in [2.24, 2.45) is 0 Å². The highest BCUT2D eigenvalue weighted by Gasteiger charge is 2.01. The molecule has 0 saturated carbocycles. The molecule has 0 aromatic carbocycles. The van der Waals surface area contributed by atoms with Crippen molar-refractivity contribution in [3.63, 3.8) is 0 Å². The number of halogens is 1. The van der Waals surface area contributed by atoms with Crippen LogP contribution in [0.2, 0.25) is 5.28 Å². The van der Waals surface area contributed by atoms with Crippen molar-refractivity contribution < 1.29 is 0 Å². The predicted molar refractivity (Wildman–Crippen MR) is 44.7 cm³/mol. The summed E-state index contributed by atoms with van der Waals surface area (Å²) in [6, 6.07) is 0. The van der Waals surface area contributed by atoms with Crippen LogP contribution in [0.25, 0.3) is 11.0 Å². The van der Waals surface area contributed by atoms with E-state index in [0.717, 1.165) is 5.52 Å². The van der Waals surface area contributed by atoms with Crippen LogP contribution in [0.5, 0.6) is 0 Å². The number of hydrogen-bond acceptors (Lipinski definition) is 4. The van der Waals surface area contributed by atoms with Gasteiger partial charge in [0, 0.05) is 0 Å². The second-order valence-corrected chi connectivity index (χ2v) is 2.66. The van der Waals surface area contributed by atoms with Gasteiger partial charge in [-0.05, 0) is 24.4 Å². The summed E-state index contributed by atoms with van der Waals surface area (Å²) < 4.78 is 1.39. The summed E-state index contributed by atoms with van der Waals surface area (Å²) in [5.41, 5.74) is 1.44. The molecule has 0 saturated heterocycles. The van der Waals surface area contributed by atoms with Gasteiger partial charge in [0.1, 0.15) is 11.0 Å². The van der Waals surface area contributed by atoms with Gasteiger partial charge in [0.25, 0.3) is 0 Å². The molecule has 2 heterocycles. The van der Waals surface area contributed by atoms with E-state index in [-0.39, 0.29) is 5.28 Å². The van der Waals surface area contributed by atoms with Crippen LogP contribution in [0.1, 0.15) is 0 Å². The minimum Gasteiger partial charge on any atom is -0.224 e. The average molecular weight is 187 g/mol. The SMILES string of the molecule is Sn1ncc2nc(Cl)ncc21. The molecule has 56 valence electrons. The molecule has 2 rings (SSSR count). The lowest BCUT2D eigenvalue weighted by Crippen LogP contribution is -1.84. The highest BCUT2D eigenvalue weighted by atomic mass is 35.5. The summed E-state index contributed by atoms with van der Waals surface area (Å²) in [6.07, 6.45) is 3.15. The van der Waals surface area contributed by atoms with Crippen molar-refractivity contribution in [2.75, 3.05) is 0 Å². The van der Waals surface area contributed by atoms with Crippen LogP contribution in [0, 0.1) is 0 Å². The number of fused-ring (bicyclic) bond motifs is 1. The fourth-order valence-electron chi connectivity index (χ4n) is 0.787. The van der Waals surface area contributed by atoms with E-state index in [1.165, 1.54) is 4.09 Å². The van der Waals surface area contributed by atoms with E-state index in [1.807, 2.05) is 0 Å². The molecular weight excluding hydrogens is 184 g/mol. The second kappa shape index (κ2) is 2.35. The van der Waals surface area contributed by atoms with E-state index in [4.69, 9.17) is 11.6 Å². The van der Waals surface area contributed by atoms with Crippen LogP contribution >= 0.6 is 24.4 Å². The number of hydrogen-bond donors (Lipinski definition) is 1. The molecule has 6 heteroatoms. The third kappa shape index (κ3) is 1.06. The summed E-state index contributed by atoms with van der Waals surface area (Å²) in [5.74, 6) is 0. The summed E-state index contributed by atoms with van der Waals surface area (Å²) >= 11 is 9.56. The molecule has 0 aliphatic carbocycles. The maximum absolute atomic E-state index is 5.54. The number of thiol groups is 1. The molecule has 0 amide bonds. The Morgan fingerprint density at radius 3 is 3.09 bits per heavy atom. The van der Waals surface area contributed by atoms with E-state index in [0.29, 0.717) is 5.52 Å². The van der Waals surface area contributed by atoms with Crippen LogP contribution in [-0.4, -0.2) is 19.2 Å². The minimum absolute atomic E-state index is 0.221. The predicted octanol–water partition coefficient (Wildman–Crippen LogP) is 1.17. The molecule has 0 aliphatic heterocycles. The zero-order valence-electron chi connectivity index (χ0n) is 5.27. The second-order valence-electron chi connectivity index (χ2n) is 1.94. The van der Waals surface area contributed by atoms with Crippen molar-refractivity contribution in [1.29, 1.82) is 0 Å². The molecule has 2 aromatic rings. The standard InChI is InChI=1S/C5H3ClN4S/c6-5-7-2-4-3(9-5)1-8-10(4)11/h1-2,11H. The lowest BCUT2D eigenvalue weighted by Gasteiger charge is -1.90. The van der Waals surface area contributed by atoms with E-state index in [1.54, 1.807) is 12.4 Å². The first-order valence-electron chi connectivity index (χ1n) is 2.83. The molecule has 11 heavy (non-hydrogen) atoms. The first-order valence-corrected chi connectivity index (χ1v) is 3.61. The van der Waals surface area contributed by atoms with Crippen LogP contribution in [0.4, 0.5) is 0 Å². The van der Waals surface area contributed by atoms with Crippen LogP contribution in [0.15, 0.2) is 12.4 Å². The first kappa shape index (κ1) is 6.87. The number of rotatable bonds is 0. The summed E-state index contributed by atoms with van der Waals surface area (Å²) in [7, 11) is 0. The van der Waals surface area contributed by atoms with Gasteiger partial charge >= 0.3 is 0 Å². The minimum atomic E-state index is 0.221. The molecule has 0 N–H and O–H groups in total. The number of nitrogens with zero attached hydrogens (tertiary/aromatic N) is 4. The summed E-state index contributed by atoms with van der Waals surface area (Å²) in [6.45, 7) is 0. The van der Waals surface area contributed by atoms with Gasteiger partial charge in [-0.2, -0.15) is 5.10 Å². The Labute approximate surface area is 72.8 Å². The maximum atomic E-state index is 5.54.